The molecule has 6 nitrogen and oxygen atoms in total. The molecule has 0 unspecified atom stereocenters. The summed E-state index contributed by atoms with van der Waals surface area (Å²) < 4.78 is 1.54. The van der Waals surface area contributed by atoms with Gasteiger partial charge in [-0.1, -0.05) is 30.0 Å². The van der Waals surface area contributed by atoms with E-state index >= 15 is 0 Å². The van der Waals surface area contributed by atoms with Gasteiger partial charge in [-0.2, -0.15) is 0 Å². The lowest BCUT2D eigenvalue weighted by molar-refractivity contribution is 0.0684. The number of hydrogen-bond acceptors (Lipinski definition) is 6. The fraction of sp³-hybridized carbons (Fsp3) is 0.200. The van der Waals surface area contributed by atoms with Crippen LogP contribution in [0.1, 0.15) is 31.2 Å². The van der Waals surface area contributed by atoms with E-state index in [-0.39, 0.29) is 23.3 Å². The smallest absolute Gasteiger partial charge is 0.263 e. The molecule has 1 aliphatic heterocycles. The molecule has 3 aromatic rings. The third-order valence-electron chi connectivity index (χ3n) is 4.77. The van der Waals surface area contributed by atoms with E-state index in [1.165, 1.54) is 32.6 Å². The Balaban J connectivity index is 1.70. The first kappa shape index (κ1) is 18.6. The van der Waals surface area contributed by atoms with Crippen LogP contribution in [0.2, 0.25) is 0 Å². The Morgan fingerprint density at radius 3 is 2.39 bits per heavy atom. The first-order chi connectivity index (χ1) is 13.4. The van der Waals surface area contributed by atoms with Crippen molar-refractivity contribution < 1.29 is 9.59 Å². The highest BCUT2D eigenvalue weighted by molar-refractivity contribution is 7.99. The molecule has 2 aromatic heterocycles. The molecule has 0 bridgehead atoms. The van der Waals surface area contributed by atoms with E-state index in [9.17, 15) is 14.4 Å². The van der Waals surface area contributed by atoms with Crippen LogP contribution >= 0.6 is 23.1 Å². The second kappa shape index (κ2) is 7.03. The number of hydrogen-bond donors (Lipinski definition) is 0. The van der Waals surface area contributed by atoms with Crippen LogP contribution in [0.3, 0.4) is 0 Å². The number of benzene rings is 1. The van der Waals surface area contributed by atoms with Crippen molar-refractivity contribution in [2.45, 2.75) is 25.5 Å². The van der Waals surface area contributed by atoms with Gasteiger partial charge in [0.1, 0.15) is 4.83 Å². The number of amides is 2. The number of aromatic nitrogens is 2. The van der Waals surface area contributed by atoms with Gasteiger partial charge in [-0.3, -0.25) is 23.9 Å². The second-order valence-corrected chi connectivity index (χ2v) is 8.53. The topological polar surface area (TPSA) is 72.3 Å². The van der Waals surface area contributed by atoms with Crippen molar-refractivity contribution >= 4 is 45.1 Å². The first-order valence-electron chi connectivity index (χ1n) is 8.63. The molecule has 0 saturated carbocycles. The van der Waals surface area contributed by atoms with E-state index in [0.717, 1.165) is 10.4 Å². The van der Waals surface area contributed by atoms with E-state index in [2.05, 4.69) is 11.6 Å². The Labute approximate surface area is 169 Å². The van der Waals surface area contributed by atoms with Crippen molar-refractivity contribution in [1.82, 2.24) is 14.5 Å². The molecule has 0 saturated heterocycles. The number of nitrogens with zero attached hydrogens (tertiary/aromatic N) is 3. The number of aryl methyl sites for hydroxylation is 2. The minimum atomic E-state index is -0.324. The lowest BCUT2D eigenvalue weighted by atomic mass is 10.1. The Hall–Kier alpha value is -2.71. The summed E-state index contributed by atoms with van der Waals surface area (Å²) in [6.45, 7) is 7.91. The Bertz CT molecular complexity index is 1170. The molecular formula is C20H17N3O3S2. The van der Waals surface area contributed by atoms with E-state index in [1.54, 1.807) is 30.3 Å². The van der Waals surface area contributed by atoms with Crippen LogP contribution in [0, 0.1) is 13.8 Å². The van der Waals surface area contributed by atoms with Gasteiger partial charge in [-0.15, -0.1) is 17.9 Å². The van der Waals surface area contributed by atoms with Crippen LogP contribution in [0.25, 0.3) is 10.2 Å². The monoisotopic (exact) mass is 411 g/mol. The van der Waals surface area contributed by atoms with E-state index in [0.29, 0.717) is 33.0 Å². The van der Waals surface area contributed by atoms with Gasteiger partial charge >= 0.3 is 0 Å². The molecule has 4 rings (SSSR count). The SMILES string of the molecule is C=CCn1c(SCN2C(=O)c3ccccc3C2=O)nc2sc(C)c(C)c2c1=O. The van der Waals surface area contributed by atoms with E-state index < -0.39 is 0 Å². The summed E-state index contributed by atoms with van der Waals surface area (Å²) in [5, 5.41) is 1.09. The van der Waals surface area contributed by atoms with E-state index in [1.807, 2.05) is 13.8 Å². The summed E-state index contributed by atoms with van der Waals surface area (Å²) in [6, 6.07) is 6.77. The summed E-state index contributed by atoms with van der Waals surface area (Å²) in [5.41, 5.74) is 1.62. The minimum Gasteiger partial charge on any atom is -0.283 e. The van der Waals surface area contributed by atoms with Gasteiger partial charge in [0.25, 0.3) is 17.4 Å². The summed E-state index contributed by atoms with van der Waals surface area (Å²) in [7, 11) is 0. The van der Waals surface area contributed by atoms with Gasteiger partial charge in [0.05, 0.1) is 22.4 Å². The molecule has 0 aliphatic carbocycles. The molecule has 1 aliphatic rings. The largest absolute Gasteiger partial charge is 0.283 e. The Morgan fingerprint density at radius 1 is 1.14 bits per heavy atom. The quantitative estimate of drug-likeness (QED) is 0.278. The number of allylic oxidation sites excluding steroid dienone is 1. The van der Waals surface area contributed by atoms with Crippen LogP contribution in [0.5, 0.6) is 0 Å². The molecule has 0 N–H and O–H groups in total. The van der Waals surface area contributed by atoms with E-state index in [4.69, 9.17) is 0 Å². The molecule has 0 fully saturated rings. The molecule has 8 heteroatoms. The van der Waals surface area contributed by atoms with Gasteiger partial charge in [0, 0.05) is 11.4 Å². The fourth-order valence-electron chi connectivity index (χ4n) is 3.19. The summed E-state index contributed by atoms with van der Waals surface area (Å²) in [5.74, 6) is -0.561. The first-order valence-corrected chi connectivity index (χ1v) is 10.4. The molecule has 142 valence electrons. The van der Waals surface area contributed by atoms with Gasteiger partial charge in [-0.25, -0.2) is 4.98 Å². The normalized spacial score (nSPS) is 13.4. The zero-order chi connectivity index (χ0) is 20.0. The zero-order valence-corrected chi connectivity index (χ0v) is 17.0. The third-order valence-corrected chi connectivity index (χ3v) is 6.82. The molecular weight excluding hydrogens is 394 g/mol. The van der Waals surface area contributed by atoms with Crippen molar-refractivity contribution in [2.75, 3.05) is 5.88 Å². The van der Waals surface area contributed by atoms with Crippen molar-refractivity contribution in [2.24, 2.45) is 0 Å². The predicted molar refractivity (Wildman–Crippen MR) is 111 cm³/mol. The maximum Gasteiger partial charge on any atom is 0.263 e. The summed E-state index contributed by atoms with van der Waals surface area (Å²) in [6.07, 6.45) is 1.63. The van der Waals surface area contributed by atoms with Crippen LogP contribution in [0.15, 0.2) is 46.9 Å². The van der Waals surface area contributed by atoms with Crippen LogP contribution in [0.4, 0.5) is 0 Å². The van der Waals surface area contributed by atoms with Crippen molar-refractivity contribution in [3.8, 4) is 0 Å². The van der Waals surface area contributed by atoms with Gasteiger partial charge in [-0.05, 0) is 31.5 Å². The van der Waals surface area contributed by atoms with Crippen LogP contribution in [-0.4, -0.2) is 32.1 Å². The number of carbonyl (C=O) groups excluding carboxylic acids is 2. The lowest BCUT2D eigenvalue weighted by Crippen LogP contribution is -2.30. The highest BCUT2D eigenvalue weighted by atomic mass is 32.2. The highest BCUT2D eigenvalue weighted by Gasteiger charge is 2.35. The fourth-order valence-corrected chi connectivity index (χ4v) is 5.21. The van der Waals surface area contributed by atoms with Crippen molar-refractivity contribution in [3.05, 3.63) is 68.8 Å². The highest BCUT2D eigenvalue weighted by Crippen LogP contribution is 2.30. The third kappa shape index (κ3) is 2.80. The number of imide groups is 1. The van der Waals surface area contributed by atoms with Crippen molar-refractivity contribution in [1.29, 1.82) is 0 Å². The van der Waals surface area contributed by atoms with Crippen LogP contribution < -0.4 is 5.56 Å². The number of rotatable bonds is 5. The Kier molecular flexibility index (Phi) is 4.68. The van der Waals surface area contributed by atoms with Crippen LogP contribution in [-0.2, 0) is 6.54 Å². The number of fused-ring (bicyclic) bond motifs is 2. The van der Waals surface area contributed by atoms with Crippen molar-refractivity contribution in [3.63, 3.8) is 0 Å². The van der Waals surface area contributed by atoms with Gasteiger partial charge in [0.2, 0.25) is 0 Å². The summed E-state index contributed by atoms with van der Waals surface area (Å²) in [4.78, 5) is 45.7. The Morgan fingerprint density at radius 2 is 1.79 bits per heavy atom. The second-order valence-electron chi connectivity index (χ2n) is 6.42. The van der Waals surface area contributed by atoms with Gasteiger partial charge < -0.3 is 0 Å². The average molecular weight is 412 g/mol. The number of carbonyl (C=O) groups is 2. The molecule has 3 heterocycles. The standard InChI is InChI=1S/C20H17N3O3S2/c1-4-9-22-19(26)15-11(2)12(3)28-16(15)21-20(22)27-10-23-17(24)13-7-5-6-8-14(13)18(23)25/h4-8H,1,9-10H2,2-3H3. The van der Waals surface area contributed by atoms with Gasteiger partial charge in [0.15, 0.2) is 5.16 Å². The molecule has 2 amide bonds. The number of thiophene rings is 1. The molecule has 28 heavy (non-hydrogen) atoms. The zero-order valence-electron chi connectivity index (χ0n) is 15.4. The molecule has 1 aromatic carbocycles. The molecule has 0 radical (unpaired) electrons. The minimum absolute atomic E-state index is 0.0881. The number of thioether (sulfide) groups is 1. The maximum absolute atomic E-state index is 13.0. The predicted octanol–water partition coefficient (Wildman–Crippen LogP) is 3.61. The maximum atomic E-state index is 13.0. The molecule has 0 atom stereocenters. The lowest BCUT2D eigenvalue weighted by Gasteiger charge is -2.15. The molecule has 0 spiro atoms. The average Bonchev–Trinajstić information content (AvgIpc) is 3.10. The summed E-state index contributed by atoms with van der Waals surface area (Å²) >= 11 is 2.67.